The second kappa shape index (κ2) is 6.51. The smallest absolute Gasteiger partial charge is 0.0860 e. The number of nitrogens with zero attached hydrogens (tertiary/aromatic N) is 2. The zero-order valence-corrected chi connectivity index (χ0v) is 14.0. The molecule has 0 amide bonds. The first-order valence-electron chi connectivity index (χ1n) is 7.30. The number of aromatic nitrogens is 2. The molecule has 1 N–H and O–H groups in total. The highest BCUT2D eigenvalue weighted by Gasteiger charge is 2.19. The minimum absolute atomic E-state index is 0.487. The summed E-state index contributed by atoms with van der Waals surface area (Å²) in [5.74, 6) is 0. The predicted molar refractivity (Wildman–Crippen MR) is 87.5 cm³/mol. The lowest BCUT2D eigenvalue weighted by Gasteiger charge is -2.12. The van der Waals surface area contributed by atoms with Crippen molar-refractivity contribution >= 4 is 27.5 Å². The molecule has 1 aromatic heterocycles. The van der Waals surface area contributed by atoms with Gasteiger partial charge >= 0.3 is 0 Å². The topological polar surface area (TPSA) is 38.0 Å². The molecule has 1 saturated carbocycles. The minimum atomic E-state index is -0.627. The fourth-order valence-electron chi connectivity index (χ4n) is 2.94. The normalized spacial score (nSPS) is 17.3. The Bertz CT molecular complexity index is 622. The van der Waals surface area contributed by atoms with E-state index in [-0.39, 0.29) is 0 Å². The van der Waals surface area contributed by atoms with Gasteiger partial charge in [0, 0.05) is 22.1 Å². The van der Waals surface area contributed by atoms with Crippen LogP contribution in [0.2, 0.25) is 5.02 Å². The van der Waals surface area contributed by atoms with Crippen molar-refractivity contribution in [2.24, 2.45) is 0 Å². The molecule has 2 aromatic rings. The first-order valence-corrected chi connectivity index (χ1v) is 8.47. The molecule has 1 aliphatic rings. The number of hydrogen-bond acceptors (Lipinski definition) is 2. The summed E-state index contributed by atoms with van der Waals surface area (Å²) in [7, 11) is 0. The van der Waals surface area contributed by atoms with Gasteiger partial charge in [-0.2, -0.15) is 5.10 Å². The van der Waals surface area contributed by atoms with Crippen LogP contribution in [0, 0.1) is 0 Å². The van der Waals surface area contributed by atoms with Crippen LogP contribution in [0.15, 0.2) is 34.9 Å². The first-order chi connectivity index (χ1) is 10.1. The van der Waals surface area contributed by atoms with Crippen LogP contribution in [-0.2, 0) is 6.42 Å². The third-order valence-electron chi connectivity index (χ3n) is 4.09. The Kier molecular flexibility index (Phi) is 4.67. The number of aliphatic hydroxyl groups excluding tert-OH is 1. The van der Waals surface area contributed by atoms with E-state index in [2.05, 4.69) is 25.7 Å². The zero-order chi connectivity index (χ0) is 14.8. The Morgan fingerprint density at radius 3 is 2.81 bits per heavy atom. The van der Waals surface area contributed by atoms with E-state index in [1.165, 1.54) is 25.7 Å². The molecule has 3 rings (SSSR count). The van der Waals surface area contributed by atoms with E-state index in [1.54, 1.807) is 6.07 Å². The van der Waals surface area contributed by atoms with Crippen molar-refractivity contribution in [2.75, 3.05) is 0 Å². The van der Waals surface area contributed by atoms with E-state index in [0.717, 1.165) is 15.7 Å². The number of rotatable bonds is 4. The van der Waals surface area contributed by atoms with Gasteiger partial charge in [0.2, 0.25) is 0 Å². The van der Waals surface area contributed by atoms with Crippen molar-refractivity contribution in [1.82, 2.24) is 9.78 Å². The van der Waals surface area contributed by atoms with E-state index in [9.17, 15) is 5.11 Å². The fraction of sp³-hybridized carbons (Fsp3) is 0.438. The van der Waals surface area contributed by atoms with Crippen LogP contribution in [0.25, 0.3) is 0 Å². The van der Waals surface area contributed by atoms with Gasteiger partial charge < -0.3 is 5.11 Å². The highest BCUT2D eigenvalue weighted by molar-refractivity contribution is 9.10. The molecule has 0 saturated heterocycles. The highest BCUT2D eigenvalue weighted by Crippen LogP contribution is 2.30. The largest absolute Gasteiger partial charge is 0.388 e. The van der Waals surface area contributed by atoms with Gasteiger partial charge in [0.25, 0.3) is 0 Å². The SMILES string of the molecule is OC(Cc1ccn(C2CCCC2)n1)c1ccc(Br)cc1Cl. The van der Waals surface area contributed by atoms with Crippen LogP contribution in [0.4, 0.5) is 0 Å². The number of hydrogen-bond donors (Lipinski definition) is 1. The second-order valence-corrected chi connectivity index (χ2v) is 6.93. The van der Waals surface area contributed by atoms with Gasteiger partial charge in [-0.15, -0.1) is 0 Å². The number of benzene rings is 1. The maximum Gasteiger partial charge on any atom is 0.0860 e. The quantitative estimate of drug-likeness (QED) is 0.849. The molecular weight excluding hydrogens is 352 g/mol. The Morgan fingerprint density at radius 1 is 1.33 bits per heavy atom. The Hall–Kier alpha value is -0.840. The van der Waals surface area contributed by atoms with E-state index < -0.39 is 6.10 Å². The summed E-state index contributed by atoms with van der Waals surface area (Å²) in [4.78, 5) is 0. The van der Waals surface area contributed by atoms with Crippen LogP contribution in [0.1, 0.15) is 49.1 Å². The van der Waals surface area contributed by atoms with Gasteiger partial charge in [0.05, 0.1) is 17.8 Å². The summed E-state index contributed by atoms with van der Waals surface area (Å²) in [6.07, 6.45) is 6.89. The lowest BCUT2D eigenvalue weighted by Crippen LogP contribution is -2.07. The van der Waals surface area contributed by atoms with Crippen LogP contribution in [-0.4, -0.2) is 14.9 Å². The molecule has 1 heterocycles. The van der Waals surface area contributed by atoms with Gasteiger partial charge in [0.15, 0.2) is 0 Å². The van der Waals surface area contributed by atoms with Gasteiger partial charge in [0.1, 0.15) is 0 Å². The molecule has 3 nitrogen and oxygen atoms in total. The summed E-state index contributed by atoms with van der Waals surface area (Å²) in [5, 5.41) is 15.6. The molecule has 0 aliphatic heterocycles. The molecule has 1 aliphatic carbocycles. The maximum atomic E-state index is 10.4. The molecule has 1 atom stereocenters. The van der Waals surface area contributed by atoms with Gasteiger partial charge in [-0.3, -0.25) is 4.68 Å². The Morgan fingerprint density at radius 2 is 2.10 bits per heavy atom. The van der Waals surface area contributed by atoms with E-state index >= 15 is 0 Å². The molecule has 0 spiro atoms. The average molecular weight is 370 g/mol. The molecule has 1 fully saturated rings. The standard InChI is InChI=1S/C16H18BrClN2O/c17-11-5-6-14(15(18)9-11)16(21)10-12-7-8-20(19-12)13-3-1-2-4-13/h5-9,13,16,21H,1-4,10H2. The molecule has 0 radical (unpaired) electrons. The highest BCUT2D eigenvalue weighted by atomic mass is 79.9. The number of aliphatic hydroxyl groups is 1. The maximum absolute atomic E-state index is 10.4. The van der Waals surface area contributed by atoms with Crippen molar-refractivity contribution in [1.29, 1.82) is 0 Å². The van der Waals surface area contributed by atoms with E-state index in [4.69, 9.17) is 11.6 Å². The predicted octanol–water partition coefficient (Wildman–Crippen LogP) is 4.69. The molecule has 1 aromatic carbocycles. The van der Waals surface area contributed by atoms with E-state index in [1.807, 2.05) is 24.4 Å². The minimum Gasteiger partial charge on any atom is -0.388 e. The fourth-order valence-corrected chi connectivity index (χ4v) is 3.74. The lowest BCUT2D eigenvalue weighted by molar-refractivity contribution is 0.177. The summed E-state index contributed by atoms with van der Waals surface area (Å²) >= 11 is 9.56. The summed E-state index contributed by atoms with van der Waals surface area (Å²) < 4.78 is 2.96. The van der Waals surface area contributed by atoms with Crippen LogP contribution in [0.5, 0.6) is 0 Å². The second-order valence-electron chi connectivity index (χ2n) is 5.61. The van der Waals surface area contributed by atoms with Crippen molar-refractivity contribution in [3.8, 4) is 0 Å². The van der Waals surface area contributed by atoms with Crippen molar-refractivity contribution < 1.29 is 5.11 Å². The van der Waals surface area contributed by atoms with Gasteiger partial charge in [-0.25, -0.2) is 0 Å². The van der Waals surface area contributed by atoms with Gasteiger partial charge in [-0.05, 0) is 36.6 Å². The monoisotopic (exact) mass is 368 g/mol. The third-order valence-corrected chi connectivity index (χ3v) is 4.91. The van der Waals surface area contributed by atoms with E-state index in [0.29, 0.717) is 17.5 Å². The molecular formula is C16H18BrClN2O. The molecule has 1 unspecified atom stereocenters. The Labute approximate surface area is 138 Å². The molecule has 5 heteroatoms. The average Bonchev–Trinajstić information content (AvgIpc) is 3.08. The summed E-state index contributed by atoms with van der Waals surface area (Å²) in [6.45, 7) is 0. The zero-order valence-electron chi connectivity index (χ0n) is 11.7. The van der Waals surface area contributed by atoms with Crippen molar-refractivity contribution in [3.05, 3.63) is 51.2 Å². The summed E-state index contributed by atoms with van der Waals surface area (Å²) in [5.41, 5.74) is 1.66. The molecule has 21 heavy (non-hydrogen) atoms. The first kappa shape index (κ1) is 15.1. The van der Waals surface area contributed by atoms with Crippen LogP contribution in [0.3, 0.4) is 0 Å². The van der Waals surface area contributed by atoms with Crippen molar-refractivity contribution in [2.45, 2.75) is 44.2 Å². The van der Waals surface area contributed by atoms with Crippen molar-refractivity contribution in [3.63, 3.8) is 0 Å². The number of halogens is 2. The van der Waals surface area contributed by atoms with Crippen LogP contribution < -0.4 is 0 Å². The summed E-state index contributed by atoms with van der Waals surface area (Å²) in [6, 6.07) is 8.07. The lowest BCUT2D eigenvalue weighted by atomic mass is 10.1. The van der Waals surface area contributed by atoms with Gasteiger partial charge in [-0.1, -0.05) is 46.4 Å². The molecule has 0 bridgehead atoms. The molecule has 112 valence electrons. The van der Waals surface area contributed by atoms with Crippen LogP contribution >= 0.6 is 27.5 Å². The third kappa shape index (κ3) is 3.50. The Balaban J connectivity index is 1.70.